The zero-order valence-corrected chi connectivity index (χ0v) is 17.1. The molecule has 4 aromatic rings. The number of nitrogens with zero attached hydrogens (tertiary/aromatic N) is 3. The number of carbonyl (C=O) groups excluding carboxylic acids is 2. The van der Waals surface area contributed by atoms with Gasteiger partial charge >= 0.3 is 5.91 Å². The van der Waals surface area contributed by atoms with E-state index in [-0.39, 0.29) is 24.1 Å². The van der Waals surface area contributed by atoms with E-state index in [9.17, 15) is 14.7 Å². The molecule has 9 nitrogen and oxygen atoms in total. The Labute approximate surface area is 186 Å². The van der Waals surface area contributed by atoms with Crippen molar-refractivity contribution in [1.29, 1.82) is 0 Å². The van der Waals surface area contributed by atoms with E-state index in [4.69, 9.17) is 9.47 Å². The van der Waals surface area contributed by atoms with Crippen LogP contribution in [0.25, 0.3) is 16.8 Å². The van der Waals surface area contributed by atoms with E-state index < -0.39 is 17.7 Å². The van der Waals surface area contributed by atoms with Gasteiger partial charge in [-0.25, -0.2) is 4.98 Å². The lowest BCUT2D eigenvalue weighted by molar-refractivity contribution is -0.132. The van der Waals surface area contributed by atoms with Gasteiger partial charge in [-0.1, -0.05) is 12.1 Å². The molecular weight excluding hydrogens is 424 g/mol. The largest absolute Gasteiger partial charge is 0.507 e. The monoisotopic (exact) mass is 440 g/mol. The van der Waals surface area contributed by atoms with Crippen LogP contribution in [0.5, 0.6) is 11.5 Å². The highest BCUT2D eigenvalue weighted by molar-refractivity contribution is 6.51. The van der Waals surface area contributed by atoms with E-state index in [1.165, 1.54) is 4.90 Å². The third-order valence-corrected chi connectivity index (χ3v) is 5.72. The van der Waals surface area contributed by atoms with E-state index in [1.54, 1.807) is 48.8 Å². The Kier molecular flexibility index (Phi) is 4.16. The van der Waals surface area contributed by atoms with Gasteiger partial charge in [-0.3, -0.25) is 19.5 Å². The van der Waals surface area contributed by atoms with Crippen molar-refractivity contribution in [1.82, 2.24) is 15.0 Å². The second-order valence-electron chi connectivity index (χ2n) is 7.60. The number of imidazole rings is 1. The fourth-order valence-electron chi connectivity index (χ4n) is 4.16. The fourth-order valence-corrected chi connectivity index (χ4v) is 4.16. The number of amides is 1. The standard InChI is InChI=1S/C24H16N4O5/c29-21(14-5-6-17-18(11-14)33-12-32-17)19-20(13-7-9-25-10-8-13)28(23(31)22(19)30)24-26-15-3-1-2-4-16(15)27-24/h1-11,20,29H,12H2,(H,26,27)/b21-19+. The van der Waals surface area contributed by atoms with E-state index in [0.29, 0.717) is 28.1 Å². The molecule has 2 aliphatic rings. The summed E-state index contributed by atoms with van der Waals surface area (Å²) in [6.45, 7) is 0.0764. The number of ether oxygens (including phenoxy) is 2. The number of aliphatic hydroxyl groups is 1. The minimum Gasteiger partial charge on any atom is -0.507 e. The van der Waals surface area contributed by atoms with E-state index >= 15 is 0 Å². The molecular formula is C24H16N4O5. The topological polar surface area (TPSA) is 118 Å². The Morgan fingerprint density at radius 1 is 1.03 bits per heavy atom. The second-order valence-corrected chi connectivity index (χ2v) is 7.60. The zero-order chi connectivity index (χ0) is 22.5. The van der Waals surface area contributed by atoms with Gasteiger partial charge in [0.05, 0.1) is 22.6 Å². The maximum Gasteiger partial charge on any atom is 0.302 e. The Morgan fingerprint density at radius 2 is 1.82 bits per heavy atom. The molecule has 1 saturated heterocycles. The van der Waals surface area contributed by atoms with Crippen LogP contribution in [-0.2, 0) is 9.59 Å². The normalized spacial score (nSPS) is 18.9. The summed E-state index contributed by atoms with van der Waals surface area (Å²) in [5.41, 5.74) is 2.26. The number of aromatic amines is 1. The number of hydrogen-bond donors (Lipinski definition) is 2. The van der Waals surface area contributed by atoms with Crippen LogP contribution in [0.3, 0.4) is 0 Å². The summed E-state index contributed by atoms with van der Waals surface area (Å²) in [7, 11) is 0. The Morgan fingerprint density at radius 3 is 2.64 bits per heavy atom. The highest BCUT2D eigenvalue weighted by Crippen LogP contribution is 2.42. The average molecular weight is 440 g/mol. The molecule has 33 heavy (non-hydrogen) atoms. The molecule has 1 fully saturated rings. The number of benzene rings is 2. The number of hydrogen-bond acceptors (Lipinski definition) is 7. The van der Waals surface area contributed by atoms with Gasteiger partial charge in [0.1, 0.15) is 5.76 Å². The van der Waals surface area contributed by atoms with Crippen molar-refractivity contribution >= 4 is 34.4 Å². The number of H-pyrrole nitrogens is 1. The molecule has 9 heteroatoms. The molecule has 2 aromatic carbocycles. The van der Waals surface area contributed by atoms with Crippen LogP contribution < -0.4 is 14.4 Å². The molecule has 1 amide bonds. The Bertz CT molecular complexity index is 1430. The van der Waals surface area contributed by atoms with Crippen molar-refractivity contribution in [3.8, 4) is 11.5 Å². The molecule has 2 aliphatic heterocycles. The number of para-hydroxylation sites is 2. The van der Waals surface area contributed by atoms with Crippen molar-refractivity contribution in [2.45, 2.75) is 6.04 Å². The molecule has 1 atom stereocenters. The van der Waals surface area contributed by atoms with Crippen LogP contribution in [0.2, 0.25) is 0 Å². The first-order valence-electron chi connectivity index (χ1n) is 10.2. The first-order valence-corrected chi connectivity index (χ1v) is 10.2. The highest BCUT2D eigenvalue weighted by Gasteiger charge is 2.48. The number of pyridine rings is 1. The number of carbonyl (C=O) groups is 2. The summed E-state index contributed by atoms with van der Waals surface area (Å²) in [6, 6.07) is 14.6. The lowest BCUT2D eigenvalue weighted by atomic mass is 9.96. The molecule has 162 valence electrons. The van der Waals surface area contributed by atoms with Crippen molar-refractivity contribution in [3.05, 3.63) is 83.7 Å². The van der Waals surface area contributed by atoms with Crippen molar-refractivity contribution in [2.75, 3.05) is 11.7 Å². The first kappa shape index (κ1) is 19.1. The summed E-state index contributed by atoms with van der Waals surface area (Å²) in [6.07, 6.45) is 3.13. The van der Waals surface area contributed by atoms with Gasteiger partial charge in [0.2, 0.25) is 12.7 Å². The number of fused-ring (bicyclic) bond motifs is 2. The Balaban J connectivity index is 1.55. The van der Waals surface area contributed by atoms with Gasteiger partial charge in [-0.05, 0) is 48.0 Å². The van der Waals surface area contributed by atoms with E-state index in [1.807, 2.05) is 18.2 Å². The van der Waals surface area contributed by atoms with E-state index in [2.05, 4.69) is 15.0 Å². The highest BCUT2D eigenvalue weighted by atomic mass is 16.7. The predicted octanol–water partition coefficient (Wildman–Crippen LogP) is 3.31. The molecule has 6 rings (SSSR count). The van der Waals surface area contributed by atoms with Gasteiger partial charge in [-0.2, -0.15) is 0 Å². The number of rotatable bonds is 3. The number of aliphatic hydroxyl groups excluding tert-OH is 1. The van der Waals surface area contributed by atoms with Gasteiger partial charge in [0.25, 0.3) is 5.78 Å². The number of ketones is 1. The fraction of sp³-hybridized carbons (Fsp3) is 0.0833. The zero-order valence-electron chi connectivity index (χ0n) is 17.1. The van der Waals surface area contributed by atoms with Gasteiger partial charge < -0.3 is 19.6 Å². The second kappa shape index (κ2) is 7.20. The number of nitrogens with one attached hydrogen (secondary N) is 1. The maximum absolute atomic E-state index is 13.2. The van der Waals surface area contributed by atoms with Crippen LogP contribution in [0, 0.1) is 0 Å². The summed E-state index contributed by atoms with van der Waals surface area (Å²) in [4.78, 5) is 39.3. The van der Waals surface area contributed by atoms with Crippen molar-refractivity contribution < 1.29 is 24.2 Å². The number of Topliss-reactive ketones (excluding diaryl/α,β-unsaturated/α-hetero) is 1. The molecule has 0 aliphatic carbocycles. The third-order valence-electron chi connectivity index (χ3n) is 5.72. The van der Waals surface area contributed by atoms with Gasteiger partial charge in [0.15, 0.2) is 11.5 Å². The molecule has 0 bridgehead atoms. The van der Waals surface area contributed by atoms with Crippen LogP contribution in [0.15, 0.2) is 72.6 Å². The Hall–Kier alpha value is -4.66. The molecule has 2 aromatic heterocycles. The van der Waals surface area contributed by atoms with Crippen LogP contribution >= 0.6 is 0 Å². The average Bonchev–Trinajstić information content (AvgIpc) is 3.55. The molecule has 0 saturated carbocycles. The first-order chi connectivity index (χ1) is 16.1. The predicted molar refractivity (Wildman–Crippen MR) is 118 cm³/mol. The summed E-state index contributed by atoms with van der Waals surface area (Å²) >= 11 is 0. The van der Waals surface area contributed by atoms with Crippen molar-refractivity contribution in [2.24, 2.45) is 0 Å². The van der Waals surface area contributed by atoms with Crippen molar-refractivity contribution in [3.63, 3.8) is 0 Å². The molecule has 2 N–H and O–H groups in total. The maximum atomic E-state index is 13.2. The smallest absolute Gasteiger partial charge is 0.302 e. The van der Waals surface area contributed by atoms with Crippen LogP contribution in [-0.4, -0.2) is 38.5 Å². The lowest BCUT2D eigenvalue weighted by Crippen LogP contribution is -2.30. The van der Waals surface area contributed by atoms with Gasteiger partial charge in [0, 0.05) is 18.0 Å². The van der Waals surface area contributed by atoms with E-state index in [0.717, 1.165) is 5.52 Å². The minimum absolute atomic E-state index is 0.0504. The number of aromatic nitrogens is 3. The molecule has 4 heterocycles. The summed E-state index contributed by atoms with van der Waals surface area (Å²) < 4.78 is 10.7. The number of anilines is 1. The third kappa shape index (κ3) is 2.93. The SMILES string of the molecule is O=C1C(=O)N(c2nc3ccccc3[nH]2)C(c2ccncc2)/C1=C(\O)c1ccc2c(c1)OCO2. The van der Waals surface area contributed by atoms with Crippen LogP contribution in [0.1, 0.15) is 17.2 Å². The van der Waals surface area contributed by atoms with Crippen LogP contribution in [0.4, 0.5) is 5.95 Å². The molecule has 0 radical (unpaired) electrons. The van der Waals surface area contributed by atoms with Gasteiger partial charge in [-0.15, -0.1) is 0 Å². The minimum atomic E-state index is -0.904. The lowest BCUT2D eigenvalue weighted by Gasteiger charge is -2.22. The molecule has 0 spiro atoms. The quantitative estimate of drug-likeness (QED) is 0.285. The summed E-state index contributed by atoms with van der Waals surface area (Å²) in [5.74, 6) is -0.714. The summed E-state index contributed by atoms with van der Waals surface area (Å²) in [5, 5.41) is 11.2. The molecule has 1 unspecified atom stereocenters.